The minimum absolute atomic E-state index is 0.638. The molecule has 1 N–H and O–H groups in total. The Labute approximate surface area is 116 Å². The molecule has 2 nitrogen and oxygen atoms in total. The largest absolute Gasteiger partial charge is 0.337 e. The van der Waals surface area contributed by atoms with Gasteiger partial charge in [-0.3, -0.25) is 0 Å². The molecule has 0 fully saturated rings. The van der Waals surface area contributed by atoms with Crippen LogP contribution in [0.5, 0.6) is 0 Å². The van der Waals surface area contributed by atoms with Crippen LogP contribution in [0.2, 0.25) is 0 Å². The molecule has 1 heterocycles. The van der Waals surface area contributed by atoms with Crippen LogP contribution in [0.15, 0.2) is 47.1 Å². The number of aromatic nitrogens is 2. The number of nitrogens with zero attached hydrogens (tertiary/aromatic N) is 1. The fourth-order valence-electron chi connectivity index (χ4n) is 1.64. The number of thioether (sulfide) groups is 1. The maximum absolute atomic E-state index is 5.75. The molecule has 1 aromatic heterocycles. The van der Waals surface area contributed by atoms with E-state index < -0.39 is 0 Å². The van der Waals surface area contributed by atoms with Crippen LogP contribution in [-0.4, -0.2) is 15.7 Å². The van der Waals surface area contributed by atoms with E-state index in [1.54, 1.807) is 11.8 Å². The molecule has 0 aliphatic rings. The Morgan fingerprint density at radius 3 is 2.78 bits per heavy atom. The number of H-pyrrole nitrogens is 1. The summed E-state index contributed by atoms with van der Waals surface area (Å²) in [7, 11) is 0. The Morgan fingerprint density at radius 1 is 1.39 bits per heavy atom. The van der Waals surface area contributed by atoms with E-state index in [2.05, 4.69) is 28.7 Å². The second-order valence-corrected chi connectivity index (χ2v) is 5.58. The maximum Gasteiger partial charge on any atom is 0.166 e. The van der Waals surface area contributed by atoms with Crippen LogP contribution in [0.4, 0.5) is 0 Å². The standard InChI is InChI=1S/C14H15ClN2S/c1-10(15)9-18-14-16-11(2)13(17-14)8-12-6-4-3-5-7-12/h3-7H,1,8-9H2,2H3,(H,16,17). The van der Waals surface area contributed by atoms with E-state index in [1.165, 1.54) is 5.56 Å². The van der Waals surface area contributed by atoms with E-state index in [9.17, 15) is 0 Å². The second-order valence-electron chi connectivity index (χ2n) is 4.08. The molecule has 0 unspecified atom stereocenters. The average Bonchev–Trinajstić information content (AvgIpc) is 2.69. The Bertz CT molecular complexity index is 534. The van der Waals surface area contributed by atoms with E-state index in [1.807, 2.05) is 25.1 Å². The third kappa shape index (κ3) is 3.65. The first-order chi connectivity index (χ1) is 8.65. The molecule has 0 atom stereocenters. The van der Waals surface area contributed by atoms with Gasteiger partial charge < -0.3 is 4.98 Å². The number of aryl methyl sites for hydroxylation is 1. The molecule has 0 spiro atoms. The molecule has 0 aliphatic carbocycles. The van der Waals surface area contributed by atoms with Gasteiger partial charge in [0.1, 0.15) is 0 Å². The summed E-state index contributed by atoms with van der Waals surface area (Å²) in [5, 5.41) is 1.54. The summed E-state index contributed by atoms with van der Waals surface area (Å²) < 4.78 is 0. The lowest BCUT2D eigenvalue weighted by atomic mass is 10.1. The lowest BCUT2D eigenvalue weighted by molar-refractivity contribution is 1.01. The topological polar surface area (TPSA) is 28.7 Å². The molecule has 0 radical (unpaired) electrons. The minimum atomic E-state index is 0.638. The highest BCUT2D eigenvalue weighted by atomic mass is 35.5. The zero-order valence-corrected chi connectivity index (χ0v) is 11.8. The molecule has 1 aromatic carbocycles. The Morgan fingerprint density at radius 2 is 2.11 bits per heavy atom. The van der Waals surface area contributed by atoms with Gasteiger partial charge in [0.2, 0.25) is 0 Å². The smallest absolute Gasteiger partial charge is 0.166 e. The second kappa shape index (κ2) is 6.12. The number of halogens is 1. The molecule has 0 bridgehead atoms. The predicted molar refractivity (Wildman–Crippen MR) is 78.3 cm³/mol. The first kappa shape index (κ1) is 13.2. The number of rotatable bonds is 5. The van der Waals surface area contributed by atoms with Gasteiger partial charge in [-0.1, -0.05) is 60.3 Å². The minimum Gasteiger partial charge on any atom is -0.337 e. The summed E-state index contributed by atoms with van der Waals surface area (Å²) in [4.78, 5) is 7.86. The average molecular weight is 279 g/mol. The Hall–Kier alpha value is -1.19. The van der Waals surface area contributed by atoms with Crippen molar-refractivity contribution in [2.45, 2.75) is 18.5 Å². The summed E-state index contributed by atoms with van der Waals surface area (Å²) in [6.07, 6.45) is 0.853. The molecule has 0 saturated carbocycles. The van der Waals surface area contributed by atoms with Crippen LogP contribution in [0.3, 0.4) is 0 Å². The van der Waals surface area contributed by atoms with Gasteiger partial charge in [0.25, 0.3) is 0 Å². The fraction of sp³-hybridized carbons (Fsp3) is 0.214. The van der Waals surface area contributed by atoms with Crippen LogP contribution in [-0.2, 0) is 6.42 Å². The quantitative estimate of drug-likeness (QED) is 0.832. The van der Waals surface area contributed by atoms with E-state index >= 15 is 0 Å². The summed E-state index contributed by atoms with van der Waals surface area (Å²) in [5.41, 5.74) is 3.47. The van der Waals surface area contributed by atoms with Gasteiger partial charge >= 0.3 is 0 Å². The maximum atomic E-state index is 5.75. The molecular formula is C14H15ClN2S. The third-order valence-electron chi connectivity index (χ3n) is 2.54. The van der Waals surface area contributed by atoms with E-state index in [0.29, 0.717) is 10.8 Å². The van der Waals surface area contributed by atoms with Crippen molar-refractivity contribution in [3.63, 3.8) is 0 Å². The molecule has 4 heteroatoms. The summed E-state index contributed by atoms with van der Waals surface area (Å²) >= 11 is 7.32. The van der Waals surface area contributed by atoms with Gasteiger partial charge in [-0.2, -0.15) is 0 Å². The van der Waals surface area contributed by atoms with E-state index in [0.717, 1.165) is 23.0 Å². The zero-order chi connectivity index (χ0) is 13.0. The van der Waals surface area contributed by atoms with Crippen molar-refractivity contribution in [1.82, 2.24) is 9.97 Å². The molecule has 2 rings (SSSR count). The van der Waals surface area contributed by atoms with Crippen LogP contribution >= 0.6 is 23.4 Å². The zero-order valence-electron chi connectivity index (χ0n) is 10.2. The molecular weight excluding hydrogens is 264 g/mol. The van der Waals surface area contributed by atoms with Gasteiger partial charge in [-0.15, -0.1) is 0 Å². The van der Waals surface area contributed by atoms with Crippen LogP contribution in [0, 0.1) is 6.92 Å². The van der Waals surface area contributed by atoms with E-state index in [4.69, 9.17) is 11.6 Å². The first-order valence-corrected chi connectivity index (χ1v) is 7.07. The summed E-state index contributed by atoms with van der Waals surface area (Å²) in [6, 6.07) is 10.3. The lowest BCUT2D eigenvalue weighted by Gasteiger charge is -1.98. The van der Waals surface area contributed by atoms with Crippen molar-refractivity contribution in [2.75, 3.05) is 5.75 Å². The van der Waals surface area contributed by atoms with Crippen molar-refractivity contribution in [1.29, 1.82) is 0 Å². The van der Waals surface area contributed by atoms with Crippen molar-refractivity contribution in [3.05, 3.63) is 58.9 Å². The van der Waals surface area contributed by atoms with Gasteiger partial charge in [0.05, 0.1) is 5.69 Å². The number of imidazole rings is 1. The van der Waals surface area contributed by atoms with Crippen LogP contribution < -0.4 is 0 Å². The number of benzene rings is 1. The highest BCUT2D eigenvalue weighted by Crippen LogP contribution is 2.21. The van der Waals surface area contributed by atoms with E-state index in [-0.39, 0.29) is 0 Å². The number of nitrogens with one attached hydrogen (secondary N) is 1. The number of hydrogen-bond acceptors (Lipinski definition) is 2. The molecule has 0 amide bonds. The van der Waals surface area contributed by atoms with Crippen molar-refractivity contribution < 1.29 is 0 Å². The molecule has 0 saturated heterocycles. The van der Waals surface area contributed by atoms with Crippen LogP contribution in [0.25, 0.3) is 0 Å². The SMILES string of the molecule is C=C(Cl)CSc1nc(Cc2ccccc2)c(C)[nH]1. The van der Waals surface area contributed by atoms with Gasteiger partial charge in [0, 0.05) is 22.9 Å². The van der Waals surface area contributed by atoms with Gasteiger partial charge in [-0.05, 0) is 12.5 Å². The van der Waals surface area contributed by atoms with Crippen molar-refractivity contribution in [2.24, 2.45) is 0 Å². The monoisotopic (exact) mass is 278 g/mol. The molecule has 18 heavy (non-hydrogen) atoms. The normalized spacial score (nSPS) is 10.6. The van der Waals surface area contributed by atoms with Crippen LogP contribution in [0.1, 0.15) is 17.0 Å². The number of aromatic amines is 1. The first-order valence-electron chi connectivity index (χ1n) is 5.70. The summed E-state index contributed by atoms with van der Waals surface area (Å²) in [6.45, 7) is 5.72. The predicted octanol–water partition coefficient (Wildman–Crippen LogP) is 4.15. The molecule has 2 aromatic rings. The van der Waals surface area contributed by atoms with Crippen molar-refractivity contribution >= 4 is 23.4 Å². The third-order valence-corrected chi connectivity index (χ3v) is 3.80. The van der Waals surface area contributed by atoms with Gasteiger partial charge in [0.15, 0.2) is 5.16 Å². The number of hydrogen-bond donors (Lipinski definition) is 1. The Balaban J connectivity index is 2.07. The van der Waals surface area contributed by atoms with Gasteiger partial charge in [-0.25, -0.2) is 4.98 Å². The fourth-order valence-corrected chi connectivity index (χ4v) is 2.50. The lowest BCUT2D eigenvalue weighted by Crippen LogP contribution is -1.90. The Kier molecular flexibility index (Phi) is 4.50. The summed E-state index contributed by atoms with van der Waals surface area (Å²) in [5.74, 6) is 0.680. The highest BCUT2D eigenvalue weighted by Gasteiger charge is 2.08. The molecule has 0 aliphatic heterocycles. The van der Waals surface area contributed by atoms with Crippen molar-refractivity contribution in [3.8, 4) is 0 Å². The molecule has 94 valence electrons. The highest BCUT2D eigenvalue weighted by molar-refractivity contribution is 7.99.